The Labute approximate surface area is 108 Å². The third kappa shape index (κ3) is 2.15. The Bertz CT molecular complexity index is 586. The zero-order valence-corrected chi connectivity index (χ0v) is 11.1. The number of para-hydroxylation sites is 1. The Morgan fingerprint density at radius 2 is 2.12 bits per heavy atom. The maximum Gasteiger partial charge on any atom is 0.294 e. The van der Waals surface area contributed by atoms with Crippen LogP contribution in [0.15, 0.2) is 33.5 Å². The summed E-state index contributed by atoms with van der Waals surface area (Å²) in [6.45, 7) is 2.05. The van der Waals surface area contributed by atoms with E-state index in [4.69, 9.17) is 5.73 Å². The molecular weight excluding hydrogens is 282 g/mol. The molecule has 0 spiro atoms. The zero-order chi connectivity index (χ0) is 12.4. The van der Waals surface area contributed by atoms with Gasteiger partial charge in [-0.1, -0.05) is 25.5 Å². The molecule has 90 valence electrons. The van der Waals surface area contributed by atoms with Crippen LogP contribution in [0.3, 0.4) is 0 Å². The van der Waals surface area contributed by atoms with E-state index in [9.17, 15) is 4.79 Å². The number of H-pyrrole nitrogens is 1. The first-order valence-corrected chi connectivity index (χ1v) is 6.28. The SMILES string of the molecule is CCCc1[nH]n(-c2ccccc2Br)c(=O)c1N. The highest BCUT2D eigenvalue weighted by Crippen LogP contribution is 2.19. The van der Waals surface area contributed by atoms with E-state index in [2.05, 4.69) is 21.0 Å². The van der Waals surface area contributed by atoms with Gasteiger partial charge in [0, 0.05) is 4.47 Å². The van der Waals surface area contributed by atoms with Gasteiger partial charge in [-0.15, -0.1) is 0 Å². The summed E-state index contributed by atoms with van der Waals surface area (Å²) < 4.78 is 2.33. The molecule has 4 nitrogen and oxygen atoms in total. The molecule has 0 fully saturated rings. The predicted molar refractivity (Wildman–Crippen MR) is 72.5 cm³/mol. The summed E-state index contributed by atoms with van der Waals surface area (Å²) in [5, 5.41) is 3.06. The minimum atomic E-state index is -0.194. The van der Waals surface area contributed by atoms with Gasteiger partial charge in [-0.05, 0) is 34.5 Å². The normalized spacial score (nSPS) is 10.7. The van der Waals surface area contributed by atoms with Gasteiger partial charge in [-0.3, -0.25) is 9.89 Å². The molecule has 0 atom stereocenters. The van der Waals surface area contributed by atoms with Crippen LogP contribution in [0, 0.1) is 0 Å². The number of anilines is 1. The number of rotatable bonds is 3. The number of hydrogen-bond donors (Lipinski definition) is 2. The van der Waals surface area contributed by atoms with Gasteiger partial charge in [0.25, 0.3) is 5.56 Å². The molecule has 0 unspecified atom stereocenters. The van der Waals surface area contributed by atoms with Crippen LogP contribution in [0.5, 0.6) is 0 Å². The van der Waals surface area contributed by atoms with Gasteiger partial charge < -0.3 is 5.73 Å². The average molecular weight is 296 g/mol. The second-order valence-electron chi connectivity index (χ2n) is 3.85. The van der Waals surface area contributed by atoms with E-state index >= 15 is 0 Å². The second-order valence-corrected chi connectivity index (χ2v) is 4.70. The number of halogens is 1. The summed E-state index contributed by atoms with van der Waals surface area (Å²) in [7, 11) is 0. The van der Waals surface area contributed by atoms with Gasteiger partial charge in [-0.2, -0.15) is 0 Å². The van der Waals surface area contributed by atoms with Crippen molar-refractivity contribution in [3.05, 3.63) is 44.8 Å². The monoisotopic (exact) mass is 295 g/mol. The summed E-state index contributed by atoms with van der Waals surface area (Å²) in [6, 6.07) is 7.52. The smallest absolute Gasteiger partial charge is 0.294 e. The fourth-order valence-electron chi connectivity index (χ4n) is 1.74. The molecule has 1 aromatic carbocycles. The lowest BCUT2D eigenvalue weighted by Crippen LogP contribution is -2.16. The molecule has 0 bridgehead atoms. The van der Waals surface area contributed by atoms with Crippen LogP contribution >= 0.6 is 15.9 Å². The summed E-state index contributed by atoms with van der Waals surface area (Å²) in [5.74, 6) is 0. The third-order valence-electron chi connectivity index (χ3n) is 2.60. The molecule has 2 aromatic rings. The molecule has 1 heterocycles. The van der Waals surface area contributed by atoms with E-state index in [1.54, 1.807) is 0 Å². The Morgan fingerprint density at radius 3 is 2.76 bits per heavy atom. The molecule has 17 heavy (non-hydrogen) atoms. The van der Waals surface area contributed by atoms with Crippen LogP contribution in [0.1, 0.15) is 19.0 Å². The predicted octanol–water partition coefficient (Wildman–Crippen LogP) is 2.46. The third-order valence-corrected chi connectivity index (χ3v) is 3.27. The number of aryl methyl sites for hydroxylation is 1. The molecule has 0 radical (unpaired) electrons. The van der Waals surface area contributed by atoms with E-state index in [0.717, 1.165) is 28.7 Å². The maximum absolute atomic E-state index is 12.0. The lowest BCUT2D eigenvalue weighted by molar-refractivity contribution is 0.791. The van der Waals surface area contributed by atoms with E-state index in [0.29, 0.717) is 5.69 Å². The molecule has 0 aliphatic heterocycles. The summed E-state index contributed by atoms with van der Waals surface area (Å²) in [4.78, 5) is 12.0. The van der Waals surface area contributed by atoms with Crippen LogP contribution in [0.4, 0.5) is 5.69 Å². The van der Waals surface area contributed by atoms with E-state index in [-0.39, 0.29) is 5.56 Å². The van der Waals surface area contributed by atoms with Crippen molar-refractivity contribution in [2.24, 2.45) is 0 Å². The minimum absolute atomic E-state index is 0.194. The van der Waals surface area contributed by atoms with Crippen molar-refractivity contribution in [2.45, 2.75) is 19.8 Å². The van der Waals surface area contributed by atoms with Gasteiger partial charge in [0.15, 0.2) is 0 Å². The number of nitrogens with two attached hydrogens (primary N) is 1. The number of nitrogens with one attached hydrogen (secondary N) is 1. The van der Waals surface area contributed by atoms with E-state index in [1.165, 1.54) is 4.68 Å². The molecule has 0 saturated carbocycles. The van der Waals surface area contributed by atoms with E-state index in [1.807, 2.05) is 31.2 Å². The summed E-state index contributed by atoms with van der Waals surface area (Å²) in [5.41, 5.74) is 7.48. The standard InChI is InChI=1S/C12H14BrN3O/c1-2-5-9-11(14)12(17)16(15-9)10-7-4-3-6-8(10)13/h3-4,6-7,15H,2,5,14H2,1H3. The molecule has 0 amide bonds. The fraction of sp³-hybridized carbons (Fsp3) is 0.250. The van der Waals surface area contributed by atoms with Crippen LogP contribution in [-0.4, -0.2) is 9.78 Å². The largest absolute Gasteiger partial charge is 0.393 e. The highest BCUT2D eigenvalue weighted by Gasteiger charge is 2.12. The first kappa shape index (κ1) is 12.0. The molecule has 5 heteroatoms. The van der Waals surface area contributed by atoms with Crippen molar-refractivity contribution in [3.8, 4) is 5.69 Å². The maximum atomic E-state index is 12.0. The van der Waals surface area contributed by atoms with Gasteiger partial charge in [0.1, 0.15) is 5.69 Å². The Kier molecular flexibility index (Phi) is 3.38. The van der Waals surface area contributed by atoms with E-state index < -0.39 is 0 Å². The first-order valence-electron chi connectivity index (χ1n) is 5.49. The van der Waals surface area contributed by atoms with Crippen molar-refractivity contribution in [2.75, 3.05) is 5.73 Å². The molecule has 0 saturated heterocycles. The molecule has 3 N–H and O–H groups in total. The number of hydrogen-bond acceptors (Lipinski definition) is 2. The quantitative estimate of drug-likeness (QED) is 0.914. The van der Waals surface area contributed by atoms with Gasteiger partial charge >= 0.3 is 0 Å². The van der Waals surface area contributed by atoms with Crippen LogP contribution in [0.2, 0.25) is 0 Å². The molecule has 0 aliphatic rings. The second kappa shape index (κ2) is 4.79. The Morgan fingerprint density at radius 1 is 1.41 bits per heavy atom. The first-order chi connectivity index (χ1) is 8.15. The van der Waals surface area contributed by atoms with Gasteiger partial charge in [0.05, 0.1) is 11.4 Å². The summed E-state index contributed by atoms with van der Waals surface area (Å²) in [6.07, 6.45) is 1.72. The molecular formula is C12H14BrN3O. The number of benzene rings is 1. The summed E-state index contributed by atoms with van der Waals surface area (Å²) >= 11 is 3.42. The molecule has 0 aliphatic carbocycles. The highest BCUT2D eigenvalue weighted by molar-refractivity contribution is 9.10. The van der Waals surface area contributed by atoms with Crippen LogP contribution < -0.4 is 11.3 Å². The van der Waals surface area contributed by atoms with Crippen molar-refractivity contribution in [1.29, 1.82) is 0 Å². The van der Waals surface area contributed by atoms with Crippen molar-refractivity contribution in [1.82, 2.24) is 9.78 Å². The van der Waals surface area contributed by atoms with Crippen molar-refractivity contribution >= 4 is 21.6 Å². The minimum Gasteiger partial charge on any atom is -0.393 e. The Hall–Kier alpha value is -1.49. The van der Waals surface area contributed by atoms with Gasteiger partial charge in [-0.25, -0.2) is 4.68 Å². The average Bonchev–Trinajstić information content (AvgIpc) is 2.59. The fourth-order valence-corrected chi connectivity index (χ4v) is 2.20. The van der Waals surface area contributed by atoms with Crippen molar-refractivity contribution in [3.63, 3.8) is 0 Å². The molecule has 2 rings (SSSR count). The number of aromatic amines is 1. The number of nitrogens with zero attached hydrogens (tertiary/aromatic N) is 1. The van der Waals surface area contributed by atoms with Crippen LogP contribution in [0.25, 0.3) is 5.69 Å². The lowest BCUT2D eigenvalue weighted by atomic mass is 10.2. The van der Waals surface area contributed by atoms with Crippen molar-refractivity contribution < 1.29 is 0 Å². The lowest BCUT2D eigenvalue weighted by Gasteiger charge is -2.03. The zero-order valence-electron chi connectivity index (χ0n) is 9.53. The number of nitrogen functional groups attached to an aromatic ring is 1. The molecule has 1 aromatic heterocycles. The highest BCUT2D eigenvalue weighted by atomic mass is 79.9. The Balaban J connectivity index is 2.58. The number of aromatic nitrogens is 2. The topological polar surface area (TPSA) is 63.8 Å². The van der Waals surface area contributed by atoms with Gasteiger partial charge in [0.2, 0.25) is 0 Å². The van der Waals surface area contributed by atoms with Crippen LogP contribution in [-0.2, 0) is 6.42 Å².